The number of aryl methyl sites for hydroxylation is 2. The van der Waals surface area contributed by atoms with Gasteiger partial charge in [-0.15, -0.1) is 0 Å². The minimum absolute atomic E-state index is 0.0313. The molecule has 2 aromatic carbocycles. The van der Waals surface area contributed by atoms with Crippen molar-refractivity contribution in [3.8, 4) is 0 Å². The van der Waals surface area contributed by atoms with Crippen molar-refractivity contribution in [2.75, 3.05) is 11.6 Å². The lowest BCUT2D eigenvalue weighted by Gasteiger charge is -2.38. The maximum absolute atomic E-state index is 13.0. The lowest BCUT2D eigenvalue weighted by atomic mass is 10.1. The number of hydrogen-bond acceptors (Lipinski definition) is 4. The van der Waals surface area contributed by atoms with E-state index < -0.39 is 0 Å². The second-order valence-electron chi connectivity index (χ2n) is 7.48. The number of aromatic nitrogens is 2. The van der Waals surface area contributed by atoms with Crippen molar-refractivity contribution in [3.05, 3.63) is 85.2 Å². The largest absolute Gasteiger partial charge is 0.297 e. The molecule has 0 spiro atoms. The van der Waals surface area contributed by atoms with Gasteiger partial charge < -0.3 is 0 Å². The third-order valence-electron chi connectivity index (χ3n) is 5.27. The summed E-state index contributed by atoms with van der Waals surface area (Å²) in [5.74, 6) is 0.600. The van der Waals surface area contributed by atoms with Gasteiger partial charge in [0.05, 0.1) is 24.0 Å². The van der Waals surface area contributed by atoms with Crippen LogP contribution in [0.1, 0.15) is 22.4 Å². The molecular weight excluding hydrogens is 407 g/mol. The zero-order valence-corrected chi connectivity index (χ0v) is 18.1. The number of fused-ring (bicyclic) bond motifs is 1. The van der Waals surface area contributed by atoms with E-state index in [9.17, 15) is 4.79 Å². The third kappa shape index (κ3) is 3.90. The molecule has 0 atom stereocenters. The van der Waals surface area contributed by atoms with Crippen LogP contribution in [0.3, 0.4) is 0 Å². The number of benzene rings is 2. The van der Waals surface area contributed by atoms with Crippen molar-refractivity contribution in [1.29, 1.82) is 0 Å². The first-order valence-electron chi connectivity index (χ1n) is 9.42. The fourth-order valence-electron chi connectivity index (χ4n) is 3.52. The molecule has 0 radical (unpaired) electrons. The van der Waals surface area contributed by atoms with Crippen LogP contribution in [-0.4, -0.2) is 21.1 Å². The Morgan fingerprint density at radius 1 is 1.00 bits per heavy atom. The predicted octanol–water partition coefficient (Wildman–Crippen LogP) is 5.04. The zero-order chi connectivity index (χ0) is 20.7. The van der Waals surface area contributed by atoms with Crippen LogP contribution in [0, 0.1) is 20.8 Å². The normalized spacial score (nSPS) is 14.2. The molecule has 0 saturated carbocycles. The van der Waals surface area contributed by atoms with E-state index in [-0.39, 0.29) is 5.56 Å². The maximum atomic E-state index is 13.0. The number of nitrogens with zero attached hydrogens (tertiary/aromatic N) is 4. The lowest BCUT2D eigenvalue weighted by molar-refractivity contribution is 0.190. The van der Waals surface area contributed by atoms with Gasteiger partial charge in [-0.2, -0.15) is 0 Å². The highest BCUT2D eigenvalue weighted by atomic mass is 35.5. The first kappa shape index (κ1) is 20.0. The summed E-state index contributed by atoms with van der Waals surface area (Å²) in [5, 5.41) is 1.09. The summed E-state index contributed by atoms with van der Waals surface area (Å²) >= 11 is 12.6. The van der Waals surface area contributed by atoms with Gasteiger partial charge in [0.1, 0.15) is 0 Å². The van der Waals surface area contributed by atoms with Crippen molar-refractivity contribution in [2.45, 2.75) is 34.0 Å². The molecule has 1 aromatic heterocycles. The summed E-state index contributed by atoms with van der Waals surface area (Å²) in [7, 11) is 0. The summed E-state index contributed by atoms with van der Waals surface area (Å²) < 4.78 is 1.71. The fourth-order valence-corrected chi connectivity index (χ4v) is 4.03. The molecule has 0 saturated heterocycles. The number of anilines is 2. The van der Waals surface area contributed by atoms with Gasteiger partial charge in [0.25, 0.3) is 5.56 Å². The number of halogens is 2. The molecule has 5 nitrogen and oxygen atoms in total. The minimum atomic E-state index is -0.0313. The molecule has 0 N–H and O–H groups in total. The maximum Gasteiger partial charge on any atom is 0.259 e. The summed E-state index contributed by atoms with van der Waals surface area (Å²) in [6.07, 6.45) is 0. The van der Waals surface area contributed by atoms with Gasteiger partial charge >= 0.3 is 0 Å². The van der Waals surface area contributed by atoms with Crippen LogP contribution in [0.15, 0.2) is 47.3 Å². The Bertz CT molecular complexity index is 1120. The van der Waals surface area contributed by atoms with Crippen molar-refractivity contribution in [1.82, 2.24) is 14.5 Å². The zero-order valence-electron chi connectivity index (χ0n) is 16.6. The molecule has 0 amide bonds. The van der Waals surface area contributed by atoms with Crippen molar-refractivity contribution in [3.63, 3.8) is 0 Å². The molecule has 150 valence electrons. The first-order chi connectivity index (χ1) is 13.8. The summed E-state index contributed by atoms with van der Waals surface area (Å²) in [6.45, 7) is 7.48. The Morgan fingerprint density at radius 2 is 1.72 bits per heavy atom. The average Bonchev–Trinajstić information content (AvgIpc) is 2.68. The number of rotatable bonds is 3. The van der Waals surface area contributed by atoms with Crippen molar-refractivity contribution < 1.29 is 0 Å². The van der Waals surface area contributed by atoms with Gasteiger partial charge in [-0.1, -0.05) is 53.0 Å². The van der Waals surface area contributed by atoms with Crippen LogP contribution in [0.5, 0.6) is 0 Å². The van der Waals surface area contributed by atoms with Gasteiger partial charge in [-0.3, -0.25) is 19.2 Å². The average molecular weight is 429 g/mol. The van der Waals surface area contributed by atoms with E-state index in [0.29, 0.717) is 41.4 Å². The Kier molecular flexibility index (Phi) is 5.38. The lowest BCUT2D eigenvalue weighted by Crippen LogP contribution is -2.47. The van der Waals surface area contributed by atoms with Crippen LogP contribution in [0.2, 0.25) is 10.0 Å². The standard InChI is InChI=1S/C22H22Cl2N4O/c1-14-4-6-17(7-5-14)11-26-12-27(20-9-8-18(23)10-19(20)24)22-25-16(3)15(2)21(29)28(22)13-26/h4-10H,11-13H2,1-3H3. The van der Waals surface area contributed by atoms with Gasteiger partial charge in [-0.25, -0.2) is 4.98 Å². The highest BCUT2D eigenvalue weighted by Gasteiger charge is 2.28. The van der Waals surface area contributed by atoms with E-state index in [1.54, 1.807) is 16.7 Å². The molecule has 0 unspecified atom stereocenters. The second-order valence-corrected chi connectivity index (χ2v) is 8.32. The van der Waals surface area contributed by atoms with Gasteiger partial charge in [0.2, 0.25) is 5.95 Å². The Hall–Kier alpha value is -2.34. The fraction of sp³-hybridized carbons (Fsp3) is 0.273. The Balaban J connectivity index is 1.79. The monoisotopic (exact) mass is 428 g/mol. The van der Waals surface area contributed by atoms with Crippen LogP contribution < -0.4 is 10.5 Å². The number of hydrogen-bond donors (Lipinski definition) is 0. The highest BCUT2D eigenvalue weighted by molar-refractivity contribution is 6.36. The summed E-state index contributed by atoms with van der Waals surface area (Å²) in [5.41, 5.74) is 4.53. The van der Waals surface area contributed by atoms with Gasteiger partial charge in [0, 0.05) is 22.8 Å². The summed E-state index contributed by atoms with van der Waals surface area (Å²) in [4.78, 5) is 21.9. The molecule has 2 heterocycles. The van der Waals surface area contributed by atoms with Crippen LogP contribution in [0.25, 0.3) is 0 Å². The topological polar surface area (TPSA) is 41.4 Å². The van der Waals surface area contributed by atoms with Gasteiger partial charge in [0.15, 0.2) is 0 Å². The Labute approximate surface area is 180 Å². The quantitative estimate of drug-likeness (QED) is 0.585. The van der Waals surface area contributed by atoms with Crippen LogP contribution in [0.4, 0.5) is 11.6 Å². The van der Waals surface area contributed by atoms with Crippen LogP contribution >= 0.6 is 23.2 Å². The minimum Gasteiger partial charge on any atom is -0.297 e. The van der Waals surface area contributed by atoms with Crippen LogP contribution in [-0.2, 0) is 13.2 Å². The molecule has 0 aliphatic carbocycles. The summed E-state index contributed by atoms with van der Waals surface area (Å²) in [6, 6.07) is 13.8. The van der Waals surface area contributed by atoms with E-state index in [1.165, 1.54) is 11.1 Å². The van der Waals surface area contributed by atoms with E-state index in [0.717, 1.165) is 11.4 Å². The van der Waals surface area contributed by atoms with Crippen molar-refractivity contribution in [2.24, 2.45) is 0 Å². The Morgan fingerprint density at radius 3 is 2.41 bits per heavy atom. The highest BCUT2D eigenvalue weighted by Crippen LogP contribution is 2.35. The predicted molar refractivity (Wildman–Crippen MR) is 118 cm³/mol. The molecule has 4 rings (SSSR count). The molecule has 3 aromatic rings. The van der Waals surface area contributed by atoms with E-state index in [2.05, 4.69) is 36.1 Å². The van der Waals surface area contributed by atoms with E-state index >= 15 is 0 Å². The second kappa shape index (κ2) is 7.82. The third-order valence-corrected chi connectivity index (χ3v) is 5.81. The SMILES string of the molecule is Cc1ccc(CN2CN(c3ccc(Cl)cc3Cl)c3nc(C)c(C)c(=O)n3C2)cc1. The molecule has 0 fully saturated rings. The molecular formula is C22H22Cl2N4O. The first-order valence-corrected chi connectivity index (χ1v) is 10.2. The molecule has 0 bridgehead atoms. The molecule has 29 heavy (non-hydrogen) atoms. The van der Waals surface area contributed by atoms with E-state index in [4.69, 9.17) is 28.2 Å². The van der Waals surface area contributed by atoms with Crippen molar-refractivity contribution >= 4 is 34.8 Å². The smallest absolute Gasteiger partial charge is 0.259 e. The van der Waals surface area contributed by atoms with Gasteiger partial charge in [-0.05, 0) is 44.5 Å². The molecule has 7 heteroatoms. The van der Waals surface area contributed by atoms with E-state index in [1.807, 2.05) is 24.8 Å². The molecule has 1 aliphatic rings. The molecule has 1 aliphatic heterocycles.